The highest BCUT2D eigenvalue weighted by Crippen LogP contribution is 2.31. The van der Waals surface area contributed by atoms with Gasteiger partial charge in [0.05, 0.1) is 6.61 Å². The third-order valence-electron chi connectivity index (χ3n) is 4.27. The fraction of sp³-hybridized carbons (Fsp3) is 0.316. The van der Waals surface area contributed by atoms with Crippen LogP contribution in [0.25, 0.3) is 0 Å². The summed E-state index contributed by atoms with van der Waals surface area (Å²) in [4.78, 5) is 13.6. The van der Waals surface area contributed by atoms with Crippen molar-refractivity contribution in [2.24, 2.45) is 0 Å². The van der Waals surface area contributed by atoms with E-state index in [1.165, 1.54) is 11.3 Å². The summed E-state index contributed by atoms with van der Waals surface area (Å²) in [7, 11) is 0. The minimum Gasteiger partial charge on any atom is -0.493 e. The number of fused-ring (bicyclic) bond motifs is 1. The molecular formula is C19H21NO3. The van der Waals surface area contributed by atoms with E-state index in [2.05, 4.69) is 36.1 Å². The molecule has 2 aromatic rings. The van der Waals surface area contributed by atoms with Gasteiger partial charge in [0.1, 0.15) is 11.3 Å². The van der Waals surface area contributed by atoms with E-state index in [0.29, 0.717) is 18.4 Å². The molecule has 4 nitrogen and oxygen atoms in total. The molecule has 0 saturated carbocycles. The Morgan fingerprint density at radius 3 is 2.78 bits per heavy atom. The molecule has 3 rings (SSSR count). The molecule has 0 spiro atoms. The number of hydrogen-bond acceptors (Lipinski definition) is 3. The van der Waals surface area contributed by atoms with Gasteiger partial charge in [-0.15, -0.1) is 0 Å². The summed E-state index contributed by atoms with van der Waals surface area (Å²) in [6.45, 7) is 3.66. The minimum absolute atomic E-state index is 0.215. The molecule has 1 unspecified atom stereocenters. The Labute approximate surface area is 136 Å². The molecule has 0 saturated heterocycles. The third-order valence-corrected chi connectivity index (χ3v) is 4.27. The summed E-state index contributed by atoms with van der Waals surface area (Å²) < 4.78 is 5.67. The van der Waals surface area contributed by atoms with E-state index >= 15 is 0 Å². The first-order valence-corrected chi connectivity index (χ1v) is 7.96. The average molecular weight is 311 g/mol. The Morgan fingerprint density at radius 1 is 1.22 bits per heavy atom. The van der Waals surface area contributed by atoms with Gasteiger partial charge in [0, 0.05) is 18.3 Å². The Morgan fingerprint density at radius 2 is 1.96 bits per heavy atom. The topological polar surface area (TPSA) is 49.8 Å². The van der Waals surface area contributed by atoms with Crippen molar-refractivity contribution >= 4 is 11.7 Å². The van der Waals surface area contributed by atoms with Gasteiger partial charge in [0.25, 0.3) is 0 Å². The van der Waals surface area contributed by atoms with Crippen molar-refractivity contribution in [3.63, 3.8) is 0 Å². The zero-order valence-electron chi connectivity index (χ0n) is 13.2. The van der Waals surface area contributed by atoms with Gasteiger partial charge in [-0.25, -0.2) is 4.79 Å². The van der Waals surface area contributed by atoms with Crippen LogP contribution < -0.4 is 9.64 Å². The highest BCUT2D eigenvalue weighted by molar-refractivity contribution is 5.90. The maximum absolute atomic E-state index is 11.2. The van der Waals surface area contributed by atoms with Gasteiger partial charge in [-0.3, -0.25) is 0 Å². The molecule has 1 aliphatic rings. The maximum Gasteiger partial charge on any atom is 0.339 e. The van der Waals surface area contributed by atoms with Crippen molar-refractivity contribution in [1.29, 1.82) is 0 Å². The largest absolute Gasteiger partial charge is 0.493 e. The predicted octanol–water partition coefficient (Wildman–Crippen LogP) is 3.60. The normalized spacial score (nSPS) is 16.2. The van der Waals surface area contributed by atoms with Crippen LogP contribution in [-0.2, 0) is 6.42 Å². The molecular weight excluding hydrogens is 290 g/mol. The Bertz CT molecular complexity index is 699. The maximum atomic E-state index is 11.2. The van der Waals surface area contributed by atoms with Crippen molar-refractivity contribution in [2.75, 3.05) is 18.1 Å². The second-order valence-electron chi connectivity index (χ2n) is 5.88. The van der Waals surface area contributed by atoms with E-state index in [1.54, 1.807) is 24.3 Å². The summed E-state index contributed by atoms with van der Waals surface area (Å²) in [5.74, 6) is -0.516. The molecule has 120 valence electrons. The molecule has 1 heterocycles. The number of nitrogens with zero attached hydrogens (tertiary/aromatic N) is 1. The zero-order valence-corrected chi connectivity index (χ0v) is 13.2. The number of ether oxygens (including phenoxy) is 1. The molecule has 1 atom stereocenters. The van der Waals surface area contributed by atoms with Gasteiger partial charge in [-0.05, 0) is 43.5 Å². The second kappa shape index (κ2) is 6.73. The Hall–Kier alpha value is -2.49. The highest BCUT2D eigenvalue weighted by Gasteiger charge is 2.24. The van der Waals surface area contributed by atoms with E-state index in [9.17, 15) is 4.79 Å². The van der Waals surface area contributed by atoms with E-state index in [1.807, 2.05) is 0 Å². The van der Waals surface area contributed by atoms with Gasteiger partial charge in [0.15, 0.2) is 0 Å². The fourth-order valence-electron chi connectivity index (χ4n) is 3.16. The average Bonchev–Trinajstić information content (AvgIpc) is 2.87. The molecule has 2 aromatic carbocycles. The smallest absolute Gasteiger partial charge is 0.339 e. The molecule has 4 heteroatoms. The lowest BCUT2D eigenvalue weighted by Crippen LogP contribution is -2.31. The summed E-state index contributed by atoms with van der Waals surface area (Å²) in [5, 5.41) is 9.15. The number of para-hydroxylation sites is 2. The van der Waals surface area contributed by atoms with Crippen molar-refractivity contribution in [2.45, 2.75) is 25.8 Å². The zero-order chi connectivity index (χ0) is 16.2. The van der Waals surface area contributed by atoms with Crippen LogP contribution in [0.5, 0.6) is 5.75 Å². The van der Waals surface area contributed by atoms with E-state index in [-0.39, 0.29) is 5.56 Å². The first-order valence-electron chi connectivity index (χ1n) is 7.96. The fourth-order valence-corrected chi connectivity index (χ4v) is 3.16. The molecule has 0 radical (unpaired) electrons. The summed E-state index contributed by atoms with van der Waals surface area (Å²) >= 11 is 0. The number of aromatic carboxylic acids is 1. The van der Waals surface area contributed by atoms with Crippen molar-refractivity contribution in [3.05, 3.63) is 59.7 Å². The lowest BCUT2D eigenvalue weighted by atomic mass is 10.1. The molecule has 0 bridgehead atoms. The number of carbonyl (C=O) groups is 1. The van der Waals surface area contributed by atoms with Crippen LogP contribution in [0, 0.1) is 0 Å². The summed E-state index contributed by atoms with van der Waals surface area (Å²) in [5.41, 5.74) is 2.93. The Balaban J connectivity index is 1.56. The van der Waals surface area contributed by atoms with Crippen LogP contribution in [-0.4, -0.2) is 30.3 Å². The van der Waals surface area contributed by atoms with Gasteiger partial charge in [-0.2, -0.15) is 0 Å². The van der Waals surface area contributed by atoms with Crippen LogP contribution in [0.1, 0.15) is 29.3 Å². The number of anilines is 1. The molecule has 0 aromatic heterocycles. The first-order chi connectivity index (χ1) is 11.2. The van der Waals surface area contributed by atoms with E-state index in [0.717, 1.165) is 19.4 Å². The van der Waals surface area contributed by atoms with Crippen LogP contribution >= 0.6 is 0 Å². The number of rotatable bonds is 6. The van der Waals surface area contributed by atoms with E-state index < -0.39 is 5.97 Å². The number of carboxylic acids is 1. The van der Waals surface area contributed by atoms with Crippen LogP contribution in [0.3, 0.4) is 0 Å². The van der Waals surface area contributed by atoms with Gasteiger partial charge >= 0.3 is 5.97 Å². The van der Waals surface area contributed by atoms with Gasteiger partial charge in [0.2, 0.25) is 0 Å². The molecule has 0 amide bonds. The molecule has 23 heavy (non-hydrogen) atoms. The summed E-state index contributed by atoms with van der Waals surface area (Å²) in [6.07, 6.45) is 1.94. The number of benzene rings is 2. The monoisotopic (exact) mass is 311 g/mol. The number of carboxylic acid groups (broad SMARTS) is 1. The first kappa shape index (κ1) is 15.4. The van der Waals surface area contributed by atoms with Crippen molar-refractivity contribution in [1.82, 2.24) is 0 Å². The van der Waals surface area contributed by atoms with Crippen LogP contribution in [0.2, 0.25) is 0 Å². The summed E-state index contributed by atoms with van der Waals surface area (Å²) in [6, 6.07) is 15.8. The lowest BCUT2D eigenvalue weighted by molar-refractivity contribution is 0.0692. The van der Waals surface area contributed by atoms with E-state index in [4.69, 9.17) is 9.84 Å². The molecule has 1 N–H and O–H groups in total. The quantitative estimate of drug-likeness (QED) is 0.828. The predicted molar refractivity (Wildman–Crippen MR) is 90.5 cm³/mol. The van der Waals surface area contributed by atoms with Crippen LogP contribution in [0.15, 0.2) is 48.5 Å². The second-order valence-corrected chi connectivity index (χ2v) is 5.88. The third kappa shape index (κ3) is 3.31. The van der Waals surface area contributed by atoms with Crippen LogP contribution in [0.4, 0.5) is 5.69 Å². The van der Waals surface area contributed by atoms with Crippen molar-refractivity contribution < 1.29 is 14.6 Å². The van der Waals surface area contributed by atoms with Gasteiger partial charge < -0.3 is 14.7 Å². The highest BCUT2D eigenvalue weighted by atomic mass is 16.5. The van der Waals surface area contributed by atoms with Gasteiger partial charge in [-0.1, -0.05) is 30.3 Å². The molecule has 1 aliphatic heterocycles. The lowest BCUT2D eigenvalue weighted by Gasteiger charge is -2.25. The number of hydrogen-bond donors (Lipinski definition) is 1. The minimum atomic E-state index is -0.956. The molecule has 0 fully saturated rings. The molecule has 0 aliphatic carbocycles. The standard InChI is InChI=1S/C19H21NO3/c1-14-13-15-7-2-4-9-17(15)20(14)11-6-12-23-18-10-5-3-8-16(18)19(21)22/h2-5,7-10,14H,6,11-13H2,1H3,(H,21,22). The Kier molecular flexibility index (Phi) is 4.51. The SMILES string of the molecule is CC1Cc2ccccc2N1CCCOc1ccccc1C(=O)O. The van der Waals surface area contributed by atoms with Crippen molar-refractivity contribution in [3.8, 4) is 5.75 Å².